The van der Waals surface area contributed by atoms with Crippen LogP contribution in [0, 0.1) is 11.2 Å². The molecule has 1 aromatic heterocycles. The molecule has 39 heavy (non-hydrogen) atoms. The van der Waals surface area contributed by atoms with Gasteiger partial charge in [-0.1, -0.05) is 13.8 Å². The van der Waals surface area contributed by atoms with Gasteiger partial charge in [0.15, 0.2) is 9.84 Å². The molecule has 0 saturated heterocycles. The molecule has 1 amide bonds. The lowest BCUT2D eigenvalue weighted by atomic mass is 9.89. The minimum absolute atomic E-state index is 0.0510. The molecule has 1 saturated carbocycles. The summed E-state index contributed by atoms with van der Waals surface area (Å²) in [5.74, 6) is -1.42. The largest absolute Gasteiger partial charge is 0.382 e. The molecule has 3 N–H and O–H groups in total. The molecule has 8 nitrogen and oxygen atoms in total. The predicted molar refractivity (Wildman–Crippen MR) is 150 cm³/mol. The highest BCUT2D eigenvalue weighted by molar-refractivity contribution is 7.91. The number of primary amides is 1. The molecule has 1 fully saturated rings. The molecule has 2 aromatic rings. The Balaban J connectivity index is 1.48. The van der Waals surface area contributed by atoms with Crippen LogP contribution in [0.1, 0.15) is 73.3 Å². The molecule has 0 bridgehead atoms. The van der Waals surface area contributed by atoms with E-state index < -0.39 is 27.0 Å². The third-order valence-electron chi connectivity index (χ3n) is 8.31. The molecule has 0 spiro atoms. The van der Waals surface area contributed by atoms with Crippen LogP contribution in [0.3, 0.4) is 0 Å². The standard InChI is InChI=1S/C29H41FN4O4S/c1-29(2)16-25-27(39(36,37)17-29)21-6-5-7-24(21)34(25)19-14-22(30)26(28(31)35)23(15-19)32-18-8-10-20(11-9-18)38-13-12-33(3)4/h14-15,18,20,32H,5-13,16-17H2,1-4H3,(H2,31,35)/t18-,20-. The van der Waals surface area contributed by atoms with E-state index in [0.717, 1.165) is 62.0 Å². The fourth-order valence-electron chi connectivity index (χ4n) is 6.67. The SMILES string of the molecule is CN(C)CCO[C@H]1CC[C@H](Nc2cc(-n3c4c(c5c3CC(C)(C)CS5(=O)=O)CCC4)cc(F)c2C(N)=O)CC1. The highest BCUT2D eigenvalue weighted by atomic mass is 32.2. The zero-order valence-corrected chi connectivity index (χ0v) is 24.3. The number of likely N-dealkylation sites (N-methyl/N-ethyl adjacent to an activating group) is 1. The number of amides is 1. The zero-order chi connectivity index (χ0) is 28.1. The number of benzene rings is 1. The highest BCUT2D eigenvalue weighted by Crippen LogP contribution is 2.45. The summed E-state index contributed by atoms with van der Waals surface area (Å²) in [5, 5.41) is 3.41. The van der Waals surface area contributed by atoms with E-state index in [1.54, 1.807) is 6.07 Å². The summed E-state index contributed by atoms with van der Waals surface area (Å²) in [5.41, 5.74) is 8.48. The van der Waals surface area contributed by atoms with Gasteiger partial charge in [0.2, 0.25) is 0 Å². The Labute approximate surface area is 231 Å². The second kappa shape index (κ2) is 10.5. The van der Waals surface area contributed by atoms with Crippen molar-refractivity contribution in [3.05, 3.63) is 40.5 Å². The van der Waals surface area contributed by atoms with Gasteiger partial charge in [0, 0.05) is 24.0 Å². The third kappa shape index (κ3) is 5.60. The Kier molecular flexibility index (Phi) is 7.58. The molecule has 0 unspecified atom stereocenters. The van der Waals surface area contributed by atoms with E-state index >= 15 is 4.39 Å². The van der Waals surface area contributed by atoms with E-state index in [1.165, 1.54) is 6.07 Å². The van der Waals surface area contributed by atoms with Gasteiger partial charge in [-0.15, -0.1) is 0 Å². The number of sulfone groups is 1. The number of nitrogens with one attached hydrogen (secondary N) is 1. The Hall–Kier alpha value is -2.43. The monoisotopic (exact) mass is 560 g/mol. The summed E-state index contributed by atoms with van der Waals surface area (Å²) < 4.78 is 50.3. The van der Waals surface area contributed by atoms with E-state index in [1.807, 2.05) is 32.5 Å². The number of hydrogen-bond donors (Lipinski definition) is 2. The minimum Gasteiger partial charge on any atom is -0.382 e. The Morgan fingerprint density at radius 3 is 2.56 bits per heavy atom. The first-order valence-electron chi connectivity index (χ1n) is 14.0. The number of nitrogens with zero attached hydrogens (tertiary/aromatic N) is 2. The quantitative estimate of drug-likeness (QED) is 0.508. The molecular formula is C29H41FN4O4S. The van der Waals surface area contributed by atoms with Crippen molar-refractivity contribution in [2.24, 2.45) is 11.1 Å². The fraction of sp³-hybridized carbons (Fsp3) is 0.621. The average molecular weight is 561 g/mol. The molecule has 10 heteroatoms. The number of carbonyl (C=O) groups excluding carboxylic acids is 1. The number of ether oxygens (including phenoxy) is 1. The Bertz CT molecular complexity index is 1370. The van der Waals surface area contributed by atoms with Crippen molar-refractivity contribution < 1.29 is 22.3 Å². The lowest BCUT2D eigenvalue weighted by molar-refractivity contribution is 0.0196. The van der Waals surface area contributed by atoms with Gasteiger partial charge in [0.05, 0.1) is 40.3 Å². The van der Waals surface area contributed by atoms with Gasteiger partial charge in [0.1, 0.15) is 5.82 Å². The molecular weight excluding hydrogens is 519 g/mol. The number of fused-ring (bicyclic) bond motifs is 3. The van der Waals surface area contributed by atoms with Gasteiger partial charge >= 0.3 is 0 Å². The van der Waals surface area contributed by atoms with Crippen LogP contribution in [0.4, 0.5) is 10.1 Å². The summed E-state index contributed by atoms with van der Waals surface area (Å²) in [6, 6.07) is 3.15. The minimum atomic E-state index is -3.46. The maximum absolute atomic E-state index is 15.6. The van der Waals surface area contributed by atoms with Crippen molar-refractivity contribution in [3.63, 3.8) is 0 Å². The first kappa shape index (κ1) is 28.1. The molecule has 1 aromatic carbocycles. The molecule has 0 atom stereocenters. The summed E-state index contributed by atoms with van der Waals surface area (Å²) in [6.07, 6.45) is 6.50. The first-order chi connectivity index (χ1) is 18.4. The van der Waals surface area contributed by atoms with Gasteiger partial charge in [-0.2, -0.15) is 0 Å². The predicted octanol–water partition coefficient (Wildman–Crippen LogP) is 3.86. The summed E-state index contributed by atoms with van der Waals surface area (Å²) in [6.45, 7) is 5.48. The second-order valence-electron chi connectivity index (χ2n) is 12.5. The van der Waals surface area contributed by atoms with Crippen LogP contribution in [0.2, 0.25) is 0 Å². The van der Waals surface area contributed by atoms with Gasteiger partial charge < -0.3 is 25.3 Å². The number of halogens is 1. The second-order valence-corrected chi connectivity index (χ2v) is 14.4. The number of nitrogens with two attached hydrogens (primary N) is 1. The smallest absolute Gasteiger partial charge is 0.253 e. The van der Waals surface area contributed by atoms with Crippen molar-refractivity contribution in [3.8, 4) is 5.69 Å². The van der Waals surface area contributed by atoms with Crippen LogP contribution in [0.5, 0.6) is 0 Å². The van der Waals surface area contributed by atoms with Crippen LogP contribution in [-0.4, -0.2) is 68.9 Å². The molecule has 1 aliphatic heterocycles. The Morgan fingerprint density at radius 1 is 1.18 bits per heavy atom. The topological polar surface area (TPSA) is 107 Å². The van der Waals surface area contributed by atoms with Gasteiger partial charge in [-0.3, -0.25) is 4.79 Å². The van der Waals surface area contributed by atoms with Crippen molar-refractivity contribution >= 4 is 21.4 Å². The fourth-order valence-corrected chi connectivity index (χ4v) is 9.06. The normalized spacial score (nSPS) is 23.4. The highest BCUT2D eigenvalue weighted by Gasteiger charge is 2.42. The van der Waals surface area contributed by atoms with Gasteiger partial charge in [-0.25, -0.2) is 12.8 Å². The van der Waals surface area contributed by atoms with Crippen LogP contribution in [-0.2, 0) is 33.8 Å². The van der Waals surface area contributed by atoms with E-state index in [0.29, 0.717) is 35.7 Å². The lowest BCUT2D eigenvalue weighted by Crippen LogP contribution is -2.33. The molecule has 2 heterocycles. The Morgan fingerprint density at radius 2 is 1.90 bits per heavy atom. The van der Waals surface area contributed by atoms with Crippen molar-refractivity contribution in [1.82, 2.24) is 9.47 Å². The van der Waals surface area contributed by atoms with Crippen LogP contribution < -0.4 is 11.1 Å². The molecule has 0 radical (unpaired) electrons. The molecule has 3 aliphatic rings. The molecule has 5 rings (SSSR count). The van der Waals surface area contributed by atoms with Crippen molar-refractivity contribution in [2.75, 3.05) is 38.3 Å². The number of hydrogen-bond acceptors (Lipinski definition) is 6. The number of anilines is 1. The summed E-state index contributed by atoms with van der Waals surface area (Å²) in [4.78, 5) is 14.9. The summed E-state index contributed by atoms with van der Waals surface area (Å²) in [7, 11) is 0.576. The lowest BCUT2D eigenvalue weighted by Gasteiger charge is -2.32. The first-order valence-corrected chi connectivity index (χ1v) is 15.7. The van der Waals surface area contributed by atoms with E-state index in [4.69, 9.17) is 10.5 Å². The van der Waals surface area contributed by atoms with E-state index in [-0.39, 0.29) is 23.5 Å². The van der Waals surface area contributed by atoms with Gasteiger partial charge in [-0.05, 0) is 88.6 Å². The van der Waals surface area contributed by atoms with Gasteiger partial charge in [0.25, 0.3) is 5.91 Å². The van der Waals surface area contributed by atoms with E-state index in [2.05, 4.69) is 10.2 Å². The molecule has 2 aliphatic carbocycles. The van der Waals surface area contributed by atoms with E-state index in [9.17, 15) is 13.2 Å². The zero-order valence-electron chi connectivity index (χ0n) is 23.5. The average Bonchev–Trinajstić information content (AvgIpc) is 3.38. The van der Waals surface area contributed by atoms with Crippen LogP contribution in [0.25, 0.3) is 5.69 Å². The molecule has 214 valence electrons. The van der Waals surface area contributed by atoms with Crippen molar-refractivity contribution in [1.29, 1.82) is 0 Å². The van der Waals surface area contributed by atoms with Crippen LogP contribution in [0.15, 0.2) is 17.0 Å². The number of aromatic nitrogens is 1. The number of rotatable bonds is 8. The maximum atomic E-state index is 15.6. The van der Waals surface area contributed by atoms with Crippen molar-refractivity contribution in [2.45, 2.75) is 82.3 Å². The summed E-state index contributed by atoms with van der Waals surface area (Å²) >= 11 is 0. The third-order valence-corrected chi connectivity index (χ3v) is 10.6. The van der Waals surface area contributed by atoms with Crippen LogP contribution >= 0.6 is 0 Å². The maximum Gasteiger partial charge on any atom is 0.253 e. The number of carbonyl (C=O) groups is 1.